The summed E-state index contributed by atoms with van der Waals surface area (Å²) >= 11 is 13.8. The minimum Gasteiger partial charge on any atom is -0.352 e. The molecule has 1 N–H and O–H groups in total. The van der Waals surface area contributed by atoms with Crippen LogP contribution in [-0.2, 0) is 21.9 Å². The predicted molar refractivity (Wildman–Crippen MR) is 129 cm³/mol. The minimum absolute atomic E-state index is 0.154. The molecule has 0 unspecified atom stereocenters. The standard InChI is InChI=1S/C24H27Cl2FN2O2S/c1-16(24(31)28-21-4-2-3-5-21)29(13-18-8-9-19(25)12-22(18)26)23(30)15-32-14-17-6-10-20(27)11-7-17/h6-12,16,21H,2-5,13-15H2,1H3,(H,28,31)/t16-/m0/s1. The molecule has 172 valence electrons. The molecule has 1 aliphatic rings. The van der Waals surface area contributed by atoms with Gasteiger partial charge >= 0.3 is 0 Å². The van der Waals surface area contributed by atoms with Crippen molar-refractivity contribution in [1.82, 2.24) is 10.2 Å². The first kappa shape index (κ1) is 24.9. The summed E-state index contributed by atoms with van der Waals surface area (Å²) in [7, 11) is 0. The number of nitrogens with one attached hydrogen (secondary N) is 1. The van der Waals surface area contributed by atoms with E-state index in [2.05, 4.69) is 5.32 Å². The number of amides is 2. The summed E-state index contributed by atoms with van der Waals surface area (Å²) < 4.78 is 13.1. The number of carbonyl (C=O) groups excluding carboxylic acids is 2. The van der Waals surface area contributed by atoms with Crippen molar-refractivity contribution < 1.29 is 14.0 Å². The predicted octanol–water partition coefficient (Wildman–Crippen LogP) is 5.84. The normalized spacial score (nSPS) is 14.9. The van der Waals surface area contributed by atoms with Crippen LogP contribution in [0.15, 0.2) is 42.5 Å². The minimum atomic E-state index is -0.638. The molecular weight excluding hydrogens is 470 g/mol. The first-order chi connectivity index (χ1) is 15.3. The van der Waals surface area contributed by atoms with Gasteiger partial charge in [0.05, 0.1) is 5.75 Å². The second kappa shape index (κ2) is 11.9. The van der Waals surface area contributed by atoms with Gasteiger partial charge < -0.3 is 10.2 Å². The van der Waals surface area contributed by atoms with E-state index in [9.17, 15) is 14.0 Å². The summed E-state index contributed by atoms with van der Waals surface area (Å²) in [6.45, 7) is 1.96. The van der Waals surface area contributed by atoms with Gasteiger partial charge in [-0.05, 0) is 55.2 Å². The van der Waals surface area contributed by atoms with Crippen LogP contribution in [0.25, 0.3) is 0 Å². The third-order valence-electron chi connectivity index (χ3n) is 5.63. The molecule has 1 fully saturated rings. The quantitative estimate of drug-likeness (QED) is 0.474. The van der Waals surface area contributed by atoms with Gasteiger partial charge in [0.15, 0.2) is 0 Å². The summed E-state index contributed by atoms with van der Waals surface area (Å²) in [6, 6.07) is 10.9. The lowest BCUT2D eigenvalue weighted by molar-refractivity contribution is -0.138. The molecule has 2 aromatic carbocycles. The number of thioether (sulfide) groups is 1. The fourth-order valence-corrected chi connectivity index (χ4v) is 5.07. The summed E-state index contributed by atoms with van der Waals surface area (Å²) in [5.41, 5.74) is 1.66. The molecule has 1 saturated carbocycles. The van der Waals surface area contributed by atoms with E-state index in [-0.39, 0.29) is 36.0 Å². The summed E-state index contributed by atoms with van der Waals surface area (Å²) in [5, 5.41) is 4.05. The smallest absolute Gasteiger partial charge is 0.242 e. The van der Waals surface area contributed by atoms with Crippen LogP contribution in [0.1, 0.15) is 43.7 Å². The lowest BCUT2D eigenvalue weighted by Gasteiger charge is -2.30. The van der Waals surface area contributed by atoms with E-state index < -0.39 is 6.04 Å². The van der Waals surface area contributed by atoms with Crippen LogP contribution in [0.2, 0.25) is 10.0 Å². The molecule has 1 atom stereocenters. The van der Waals surface area contributed by atoms with Crippen LogP contribution < -0.4 is 5.32 Å². The Hall–Kier alpha value is -1.76. The van der Waals surface area contributed by atoms with Gasteiger partial charge in [-0.25, -0.2) is 4.39 Å². The maximum absolute atomic E-state index is 13.1. The largest absolute Gasteiger partial charge is 0.352 e. The van der Waals surface area contributed by atoms with Crippen LogP contribution in [0.3, 0.4) is 0 Å². The highest BCUT2D eigenvalue weighted by Crippen LogP contribution is 2.24. The Morgan fingerprint density at radius 3 is 2.50 bits per heavy atom. The molecule has 0 heterocycles. The van der Waals surface area contributed by atoms with E-state index in [0.717, 1.165) is 36.8 Å². The maximum atomic E-state index is 13.1. The third kappa shape index (κ3) is 7.12. The average Bonchev–Trinajstić information content (AvgIpc) is 3.27. The molecule has 4 nitrogen and oxygen atoms in total. The third-order valence-corrected chi connectivity index (χ3v) is 7.21. The van der Waals surface area contributed by atoms with Gasteiger partial charge in [-0.15, -0.1) is 11.8 Å². The van der Waals surface area contributed by atoms with Crippen molar-refractivity contribution in [2.24, 2.45) is 0 Å². The van der Waals surface area contributed by atoms with Crippen molar-refractivity contribution in [3.8, 4) is 0 Å². The number of hydrogen-bond acceptors (Lipinski definition) is 3. The number of halogens is 3. The molecular formula is C24H27Cl2FN2O2S. The molecule has 8 heteroatoms. The van der Waals surface area contributed by atoms with E-state index in [4.69, 9.17) is 23.2 Å². The van der Waals surface area contributed by atoms with Crippen LogP contribution >= 0.6 is 35.0 Å². The SMILES string of the molecule is C[C@@H](C(=O)NC1CCCC1)N(Cc1ccc(Cl)cc1Cl)C(=O)CSCc1ccc(F)cc1. The lowest BCUT2D eigenvalue weighted by atomic mass is 10.1. The molecule has 0 bridgehead atoms. The van der Waals surface area contributed by atoms with Gasteiger partial charge in [-0.3, -0.25) is 9.59 Å². The number of rotatable bonds is 9. The second-order valence-electron chi connectivity index (χ2n) is 8.04. The van der Waals surface area contributed by atoms with Gasteiger partial charge in [0.25, 0.3) is 0 Å². The van der Waals surface area contributed by atoms with Crippen molar-refractivity contribution in [1.29, 1.82) is 0 Å². The monoisotopic (exact) mass is 496 g/mol. The molecule has 1 aliphatic carbocycles. The first-order valence-corrected chi connectivity index (χ1v) is 12.6. The Kier molecular flexibility index (Phi) is 9.26. The Balaban J connectivity index is 1.68. The molecule has 0 saturated heterocycles. The number of hydrogen-bond donors (Lipinski definition) is 1. The van der Waals surface area contributed by atoms with Crippen molar-refractivity contribution in [3.63, 3.8) is 0 Å². The number of benzene rings is 2. The van der Waals surface area contributed by atoms with E-state index in [0.29, 0.717) is 15.8 Å². The molecule has 0 aromatic heterocycles. The Morgan fingerprint density at radius 2 is 1.84 bits per heavy atom. The van der Waals surface area contributed by atoms with Gasteiger partial charge in [-0.1, -0.05) is 54.2 Å². The van der Waals surface area contributed by atoms with Crippen LogP contribution in [-0.4, -0.2) is 34.6 Å². The Morgan fingerprint density at radius 1 is 1.16 bits per heavy atom. The highest BCUT2D eigenvalue weighted by Gasteiger charge is 2.28. The molecule has 0 radical (unpaired) electrons. The van der Waals surface area contributed by atoms with Crippen LogP contribution in [0.4, 0.5) is 4.39 Å². The van der Waals surface area contributed by atoms with Crippen molar-refractivity contribution in [3.05, 3.63) is 69.5 Å². The van der Waals surface area contributed by atoms with Gasteiger partial charge in [0, 0.05) is 28.4 Å². The molecule has 2 aromatic rings. The van der Waals surface area contributed by atoms with E-state index in [1.165, 1.54) is 23.9 Å². The van der Waals surface area contributed by atoms with E-state index in [1.807, 2.05) is 0 Å². The van der Waals surface area contributed by atoms with Gasteiger partial charge in [-0.2, -0.15) is 0 Å². The molecule has 2 amide bonds. The van der Waals surface area contributed by atoms with E-state index >= 15 is 0 Å². The van der Waals surface area contributed by atoms with Crippen molar-refractivity contribution in [2.75, 3.05) is 5.75 Å². The van der Waals surface area contributed by atoms with Gasteiger partial charge in [0.1, 0.15) is 11.9 Å². The van der Waals surface area contributed by atoms with Crippen LogP contribution in [0, 0.1) is 5.82 Å². The summed E-state index contributed by atoms with van der Waals surface area (Å²) in [4.78, 5) is 27.6. The zero-order valence-corrected chi connectivity index (χ0v) is 20.3. The zero-order chi connectivity index (χ0) is 23.1. The number of carbonyl (C=O) groups is 2. The highest BCUT2D eigenvalue weighted by atomic mass is 35.5. The summed E-state index contributed by atoms with van der Waals surface area (Å²) in [6.07, 6.45) is 4.18. The maximum Gasteiger partial charge on any atom is 0.242 e. The topological polar surface area (TPSA) is 49.4 Å². The average molecular weight is 497 g/mol. The Labute approximate surface area is 202 Å². The van der Waals surface area contributed by atoms with Crippen LogP contribution in [0.5, 0.6) is 0 Å². The second-order valence-corrected chi connectivity index (χ2v) is 9.87. The molecule has 0 spiro atoms. The summed E-state index contributed by atoms with van der Waals surface area (Å²) in [5.74, 6) is 0.174. The molecule has 0 aliphatic heterocycles. The molecule has 32 heavy (non-hydrogen) atoms. The fourth-order valence-electron chi connectivity index (χ4n) is 3.73. The highest BCUT2D eigenvalue weighted by molar-refractivity contribution is 7.99. The fraction of sp³-hybridized carbons (Fsp3) is 0.417. The molecule has 3 rings (SSSR count). The number of nitrogens with zero attached hydrogens (tertiary/aromatic N) is 1. The van der Waals surface area contributed by atoms with Gasteiger partial charge in [0.2, 0.25) is 11.8 Å². The zero-order valence-electron chi connectivity index (χ0n) is 18.0. The Bertz CT molecular complexity index is 936. The van der Waals surface area contributed by atoms with E-state index in [1.54, 1.807) is 42.2 Å². The lowest BCUT2D eigenvalue weighted by Crippen LogP contribution is -2.50. The van der Waals surface area contributed by atoms with Crippen molar-refractivity contribution >= 4 is 46.8 Å². The van der Waals surface area contributed by atoms with Crippen molar-refractivity contribution in [2.45, 2.75) is 57.0 Å². The first-order valence-electron chi connectivity index (χ1n) is 10.7.